The highest BCUT2D eigenvalue weighted by molar-refractivity contribution is 5.82. The Kier molecular flexibility index (Phi) is 3.60. The zero-order valence-electron chi connectivity index (χ0n) is 11.1. The highest BCUT2D eigenvalue weighted by Gasteiger charge is 2.31. The fourth-order valence-corrected chi connectivity index (χ4v) is 2.49. The van der Waals surface area contributed by atoms with Gasteiger partial charge in [0.1, 0.15) is 5.54 Å². The van der Waals surface area contributed by atoms with E-state index in [1.54, 1.807) is 6.92 Å². The first-order chi connectivity index (χ1) is 8.57. The van der Waals surface area contributed by atoms with Gasteiger partial charge in [-0.3, -0.25) is 0 Å². The molecule has 0 amide bonds. The van der Waals surface area contributed by atoms with E-state index in [9.17, 15) is 9.90 Å². The Bertz CT molecular complexity index is 456. The second-order valence-corrected chi connectivity index (χ2v) is 5.27. The first-order valence-corrected chi connectivity index (χ1v) is 6.69. The lowest BCUT2D eigenvalue weighted by Crippen LogP contribution is -2.43. The molecule has 0 fully saturated rings. The number of carboxylic acids is 1. The van der Waals surface area contributed by atoms with Gasteiger partial charge in [0.25, 0.3) is 0 Å². The van der Waals surface area contributed by atoms with Gasteiger partial charge in [-0.05, 0) is 56.2 Å². The van der Waals surface area contributed by atoms with Gasteiger partial charge in [0.2, 0.25) is 0 Å². The normalized spacial score (nSPS) is 17.7. The van der Waals surface area contributed by atoms with Crippen LogP contribution in [0.15, 0.2) is 18.2 Å². The molecule has 1 unspecified atom stereocenters. The zero-order chi connectivity index (χ0) is 13.2. The summed E-state index contributed by atoms with van der Waals surface area (Å²) in [5.41, 5.74) is 2.80. The Morgan fingerprint density at radius 1 is 1.39 bits per heavy atom. The van der Waals surface area contributed by atoms with Crippen molar-refractivity contribution in [3.63, 3.8) is 0 Å². The number of anilines is 1. The number of fused-ring (bicyclic) bond motifs is 1. The number of aryl methyl sites for hydroxylation is 1. The van der Waals surface area contributed by atoms with Crippen LogP contribution in [0, 0.1) is 0 Å². The third-order valence-corrected chi connectivity index (χ3v) is 3.99. The second kappa shape index (κ2) is 5.01. The van der Waals surface area contributed by atoms with Gasteiger partial charge in [-0.1, -0.05) is 19.1 Å². The Hall–Kier alpha value is -1.51. The van der Waals surface area contributed by atoms with Crippen molar-refractivity contribution in [3.8, 4) is 0 Å². The maximum atomic E-state index is 11.4. The molecule has 0 saturated carbocycles. The van der Waals surface area contributed by atoms with Gasteiger partial charge >= 0.3 is 5.97 Å². The number of carbonyl (C=O) groups is 1. The minimum Gasteiger partial charge on any atom is -0.480 e. The van der Waals surface area contributed by atoms with Crippen molar-refractivity contribution < 1.29 is 9.90 Å². The van der Waals surface area contributed by atoms with E-state index in [1.807, 2.05) is 19.1 Å². The first kappa shape index (κ1) is 12.9. The predicted molar refractivity (Wildman–Crippen MR) is 73.0 cm³/mol. The molecule has 1 aliphatic rings. The lowest BCUT2D eigenvalue weighted by molar-refractivity contribution is -0.141. The number of benzene rings is 1. The molecule has 1 aromatic rings. The van der Waals surface area contributed by atoms with Gasteiger partial charge in [0.05, 0.1) is 0 Å². The van der Waals surface area contributed by atoms with Crippen LogP contribution in [0.25, 0.3) is 0 Å². The maximum absolute atomic E-state index is 11.4. The smallest absolute Gasteiger partial charge is 0.329 e. The van der Waals surface area contributed by atoms with Crippen LogP contribution in [0.3, 0.4) is 0 Å². The van der Waals surface area contributed by atoms with Crippen molar-refractivity contribution in [2.75, 3.05) is 5.32 Å². The molecule has 0 aromatic heterocycles. The van der Waals surface area contributed by atoms with E-state index in [0.717, 1.165) is 18.5 Å². The summed E-state index contributed by atoms with van der Waals surface area (Å²) in [5, 5.41) is 12.6. The minimum absolute atomic E-state index is 0.562. The van der Waals surface area contributed by atoms with Crippen molar-refractivity contribution in [1.82, 2.24) is 0 Å². The first-order valence-electron chi connectivity index (χ1n) is 6.69. The number of hydrogen-bond acceptors (Lipinski definition) is 2. The molecule has 2 N–H and O–H groups in total. The van der Waals surface area contributed by atoms with Crippen molar-refractivity contribution in [3.05, 3.63) is 29.3 Å². The van der Waals surface area contributed by atoms with E-state index >= 15 is 0 Å². The van der Waals surface area contributed by atoms with Crippen molar-refractivity contribution >= 4 is 11.7 Å². The molecule has 0 radical (unpaired) electrons. The monoisotopic (exact) mass is 247 g/mol. The number of hydrogen-bond donors (Lipinski definition) is 2. The topological polar surface area (TPSA) is 49.3 Å². The molecule has 98 valence electrons. The maximum Gasteiger partial charge on any atom is 0.329 e. The number of aliphatic carboxylic acids is 1. The highest BCUT2D eigenvalue weighted by atomic mass is 16.4. The summed E-state index contributed by atoms with van der Waals surface area (Å²) in [6, 6.07) is 6.18. The van der Waals surface area contributed by atoms with Crippen LogP contribution >= 0.6 is 0 Å². The molecule has 1 aliphatic carbocycles. The van der Waals surface area contributed by atoms with E-state index in [4.69, 9.17) is 0 Å². The average molecular weight is 247 g/mol. The summed E-state index contributed by atoms with van der Waals surface area (Å²) in [6.07, 6.45) is 5.16. The van der Waals surface area contributed by atoms with Crippen LogP contribution in [0.2, 0.25) is 0 Å². The number of rotatable bonds is 4. The summed E-state index contributed by atoms with van der Waals surface area (Å²) < 4.78 is 0. The Balaban J connectivity index is 2.32. The minimum atomic E-state index is -0.882. The molecule has 0 saturated heterocycles. The Labute approximate surface area is 108 Å². The van der Waals surface area contributed by atoms with Gasteiger partial charge in [0, 0.05) is 5.69 Å². The number of carboxylic acid groups (broad SMARTS) is 1. The van der Waals surface area contributed by atoms with Gasteiger partial charge < -0.3 is 10.4 Å². The molecule has 18 heavy (non-hydrogen) atoms. The molecule has 0 heterocycles. The van der Waals surface area contributed by atoms with E-state index in [2.05, 4.69) is 11.4 Å². The van der Waals surface area contributed by atoms with E-state index in [1.165, 1.54) is 24.0 Å². The summed E-state index contributed by atoms with van der Waals surface area (Å²) in [5.74, 6) is -0.793. The summed E-state index contributed by atoms with van der Waals surface area (Å²) in [6.45, 7) is 3.65. The van der Waals surface area contributed by atoms with Crippen LogP contribution in [-0.4, -0.2) is 16.6 Å². The van der Waals surface area contributed by atoms with Crippen LogP contribution < -0.4 is 5.32 Å². The van der Waals surface area contributed by atoms with Crippen LogP contribution in [0.4, 0.5) is 5.69 Å². The van der Waals surface area contributed by atoms with E-state index < -0.39 is 11.5 Å². The molecule has 0 bridgehead atoms. The lowest BCUT2D eigenvalue weighted by atomic mass is 9.89. The van der Waals surface area contributed by atoms with Crippen molar-refractivity contribution in [2.45, 2.75) is 51.5 Å². The van der Waals surface area contributed by atoms with Crippen LogP contribution in [0.5, 0.6) is 0 Å². The molecule has 3 heteroatoms. The van der Waals surface area contributed by atoms with Gasteiger partial charge in [-0.25, -0.2) is 4.79 Å². The molecular weight excluding hydrogens is 226 g/mol. The fraction of sp³-hybridized carbons (Fsp3) is 0.533. The third-order valence-electron chi connectivity index (χ3n) is 3.99. The summed E-state index contributed by atoms with van der Waals surface area (Å²) in [7, 11) is 0. The average Bonchev–Trinajstić information content (AvgIpc) is 2.39. The third kappa shape index (κ3) is 2.35. The molecule has 1 atom stereocenters. The standard InChI is InChI=1S/C15H21NO2/c1-3-15(2,14(17)18)16-13-10-6-8-11-7-4-5-9-12(11)13/h6,8,10,16H,3-5,7,9H2,1-2H3,(H,17,18). The highest BCUT2D eigenvalue weighted by Crippen LogP contribution is 2.30. The van der Waals surface area contributed by atoms with E-state index in [-0.39, 0.29) is 0 Å². The van der Waals surface area contributed by atoms with E-state index in [0.29, 0.717) is 6.42 Å². The van der Waals surface area contributed by atoms with Gasteiger partial charge in [-0.2, -0.15) is 0 Å². The molecule has 0 aliphatic heterocycles. The van der Waals surface area contributed by atoms with Crippen molar-refractivity contribution in [1.29, 1.82) is 0 Å². The summed E-state index contributed by atoms with van der Waals surface area (Å²) >= 11 is 0. The summed E-state index contributed by atoms with van der Waals surface area (Å²) in [4.78, 5) is 11.4. The van der Waals surface area contributed by atoms with Gasteiger partial charge in [-0.15, -0.1) is 0 Å². The second-order valence-electron chi connectivity index (χ2n) is 5.27. The van der Waals surface area contributed by atoms with Crippen LogP contribution in [-0.2, 0) is 17.6 Å². The predicted octanol–water partition coefficient (Wildman–Crippen LogP) is 3.23. The molecule has 2 rings (SSSR count). The fourth-order valence-electron chi connectivity index (χ4n) is 2.49. The lowest BCUT2D eigenvalue weighted by Gasteiger charge is -2.29. The molecule has 1 aromatic carbocycles. The number of nitrogens with one attached hydrogen (secondary N) is 1. The van der Waals surface area contributed by atoms with Crippen LogP contribution in [0.1, 0.15) is 44.2 Å². The Morgan fingerprint density at radius 2 is 2.11 bits per heavy atom. The molecule has 3 nitrogen and oxygen atoms in total. The Morgan fingerprint density at radius 3 is 2.78 bits per heavy atom. The SMILES string of the molecule is CCC(C)(Nc1cccc2c1CCCC2)C(=O)O. The molecule has 0 spiro atoms. The quantitative estimate of drug-likeness (QED) is 0.858. The van der Waals surface area contributed by atoms with Crippen molar-refractivity contribution in [2.24, 2.45) is 0 Å². The molecular formula is C15H21NO2. The van der Waals surface area contributed by atoms with Gasteiger partial charge in [0.15, 0.2) is 0 Å². The zero-order valence-corrected chi connectivity index (χ0v) is 11.1. The largest absolute Gasteiger partial charge is 0.480 e.